The van der Waals surface area contributed by atoms with E-state index >= 15 is 0 Å². The molecule has 2 amide bonds. The lowest BCUT2D eigenvalue weighted by atomic mass is 10.2. The number of hydrogen-bond acceptors (Lipinski definition) is 2. The molecule has 0 aliphatic heterocycles. The van der Waals surface area contributed by atoms with Gasteiger partial charge in [0.25, 0.3) is 0 Å². The quantitative estimate of drug-likeness (QED) is 0.831. The van der Waals surface area contributed by atoms with E-state index in [1.165, 1.54) is 0 Å². The minimum atomic E-state index is -0.280. The Morgan fingerprint density at radius 1 is 1.05 bits per heavy atom. The maximum Gasteiger partial charge on any atom is 0.317 e. The number of hydrogen-bond donors (Lipinski definition) is 2. The second-order valence-corrected chi connectivity index (χ2v) is 5.02. The SMILES string of the molecule is Cc1ccc(OCNC(=O)NCc2ccc(Cl)cc2)cc1. The lowest BCUT2D eigenvalue weighted by Gasteiger charge is -2.09. The average molecular weight is 305 g/mol. The van der Waals surface area contributed by atoms with E-state index in [1.807, 2.05) is 43.3 Å². The Morgan fingerprint density at radius 2 is 1.71 bits per heavy atom. The molecule has 0 heterocycles. The third-order valence-electron chi connectivity index (χ3n) is 2.86. The monoisotopic (exact) mass is 304 g/mol. The highest BCUT2D eigenvalue weighted by molar-refractivity contribution is 6.30. The number of nitrogens with one attached hydrogen (secondary N) is 2. The Kier molecular flexibility index (Phi) is 5.46. The Morgan fingerprint density at radius 3 is 2.38 bits per heavy atom. The molecule has 0 spiro atoms. The van der Waals surface area contributed by atoms with Gasteiger partial charge in [0.1, 0.15) is 5.75 Å². The first-order chi connectivity index (χ1) is 10.1. The first kappa shape index (κ1) is 15.2. The topological polar surface area (TPSA) is 50.4 Å². The number of halogens is 1. The normalized spacial score (nSPS) is 10.0. The van der Waals surface area contributed by atoms with Crippen molar-refractivity contribution >= 4 is 17.6 Å². The first-order valence-corrected chi connectivity index (χ1v) is 6.97. The van der Waals surface area contributed by atoms with Gasteiger partial charge in [0, 0.05) is 11.6 Å². The predicted octanol–water partition coefficient (Wildman–Crippen LogP) is 3.48. The lowest BCUT2D eigenvalue weighted by molar-refractivity contribution is 0.223. The number of carbonyl (C=O) groups is 1. The highest BCUT2D eigenvalue weighted by atomic mass is 35.5. The molecule has 0 saturated heterocycles. The summed E-state index contributed by atoms with van der Waals surface area (Å²) in [5.74, 6) is 0.721. The van der Waals surface area contributed by atoms with E-state index < -0.39 is 0 Å². The molecule has 0 radical (unpaired) electrons. The molecule has 0 bridgehead atoms. The Labute approximate surface area is 129 Å². The molecule has 21 heavy (non-hydrogen) atoms. The Bertz CT molecular complexity index is 582. The van der Waals surface area contributed by atoms with E-state index in [0.29, 0.717) is 11.6 Å². The molecule has 110 valence electrons. The molecular weight excluding hydrogens is 288 g/mol. The van der Waals surface area contributed by atoms with E-state index in [-0.39, 0.29) is 12.8 Å². The number of aryl methyl sites for hydroxylation is 1. The van der Waals surface area contributed by atoms with Crippen LogP contribution in [0, 0.1) is 6.92 Å². The van der Waals surface area contributed by atoms with Gasteiger partial charge >= 0.3 is 6.03 Å². The minimum absolute atomic E-state index is 0.121. The third-order valence-corrected chi connectivity index (χ3v) is 3.11. The second kappa shape index (κ2) is 7.55. The van der Waals surface area contributed by atoms with Gasteiger partial charge in [-0.15, -0.1) is 0 Å². The van der Waals surface area contributed by atoms with E-state index in [4.69, 9.17) is 16.3 Å². The number of rotatable bonds is 5. The van der Waals surface area contributed by atoms with Crippen LogP contribution in [-0.4, -0.2) is 12.8 Å². The van der Waals surface area contributed by atoms with Crippen molar-refractivity contribution in [1.29, 1.82) is 0 Å². The fourth-order valence-electron chi connectivity index (χ4n) is 1.67. The molecule has 0 atom stereocenters. The highest BCUT2D eigenvalue weighted by Crippen LogP contribution is 2.10. The smallest absolute Gasteiger partial charge is 0.317 e. The molecular formula is C16H17ClN2O2. The van der Waals surface area contributed by atoms with Gasteiger partial charge < -0.3 is 15.4 Å². The Hall–Kier alpha value is -2.20. The van der Waals surface area contributed by atoms with Crippen molar-refractivity contribution in [2.75, 3.05) is 6.73 Å². The van der Waals surface area contributed by atoms with Crippen molar-refractivity contribution in [2.24, 2.45) is 0 Å². The van der Waals surface area contributed by atoms with Crippen molar-refractivity contribution in [2.45, 2.75) is 13.5 Å². The summed E-state index contributed by atoms with van der Waals surface area (Å²) < 4.78 is 5.41. The standard InChI is InChI=1S/C16H17ClN2O2/c1-12-2-8-15(9-3-12)21-11-19-16(20)18-10-13-4-6-14(17)7-5-13/h2-9H,10-11H2,1H3,(H2,18,19,20). The van der Waals surface area contributed by atoms with Gasteiger partial charge in [0.05, 0.1) is 0 Å². The molecule has 5 heteroatoms. The summed E-state index contributed by atoms with van der Waals surface area (Å²) in [7, 11) is 0. The van der Waals surface area contributed by atoms with E-state index in [2.05, 4.69) is 10.6 Å². The van der Waals surface area contributed by atoms with Crippen LogP contribution in [0.3, 0.4) is 0 Å². The van der Waals surface area contributed by atoms with Crippen LogP contribution in [0.2, 0.25) is 5.02 Å². The molecule has 0 aliphatic carbocycles. The first-order valence-electron chi connectivity index (χ1n) is 6.59. The number of amides is 2. The van der Waals surface area contributed by atoms with Gasteiger partial charge in [-0.2, -0.15) is 0 Å². The van der Waals surface area contributed by atoms with Crippen molar-refractivity contribution in [3.05, 3.63) is 64.7 Å². The maximum atomic E-state index is 11.6. The number of carbonyl (C=O) groups excluding carboxylic acids is 1. The van der Waals surface area contributed by atoms with Crippen LogP contribution in [0.1, 0.15) is 11.1 Å². The van der Waals surface area contributed by atoms with E-state index in [9.17, 15) is 4.79 Å². The number of benzene rings is 2. The van der Waals surface area contributed by atoms with Crippen molar-refractivity contribution < 1.29 is 9.53 Å². The van der Waals surface area contributed by atoms with Gasteiger partial charge in [0.2, 0.25) is 0 Å². The van der Waals surface area contributed by atoms with Gasteiger partial charge in [-0.3, -0.25) is 0 Å². The Balaban J connectivity index is 1.67. The summed E-state index contributed by atoms with van der Waals surface area (Å²) in [6, 6.07) is 14.7. The highest BCUT2D eigenvalue weighted by Gasteiger charge is 2.00. The molecule has 2 N–H and O–H groups in total. The molecule has 2 aromatic carbocycles. The van der Waals surface area contributed by atoms with Crippen LogP contribution >= 0.6 is 11.6 Å². The molecule has 4 nitrogen and oxygen atoms in total. The minimum Gasteiger partial charge on any atom is -0.473 e. The third kappa shape index (κ3) is 5.36. The summed E-state index contributed by atoms with van der Waals surface area (Å²) in [6.45, 7) is 2.56. The lowest BCUT2D eigenvalue weighted by Crippen LogP contribution is -2.37. The summed E-state index contributed by atoms with van der Waals surface area (Å²) in [4.78, 5) is 11.6. The fourth-order valence-corrected chi connectivity index (χ4v) is 1.79. The van der Waals surface area contributed by atoms with Gasteiger partial charge in [-0.05, 0) is 36.8 Å². The van der Waals surface area contributed by atoms with Crippen molar-refractivity contribution in [1.82, 2.24) is 10.6 Å². The average Bonchev–Trinajstić information content (AvgIpc) is 2.49. The molecule has 0 saturated carbocycles. The summed E-state index contributed by atoms with van der Waals surface area (Å²) >= 11 is 5.79. The van der Waals surface area contributed by atoms with Crippen LogP contribution in [0.25, 0.3) is 0 Å². The zero-order valence-corrected chi connectivity index (χ0v) is 12.5. The van der Waals surface area contributed by atoms with Crippen molar-refractivity contribution in [3.8, 4) is 5.75 Å². The van der Waals surface area contributed by atoms with Gasteiger partial charge in [-0.1, -0.05) is 41.4 Å². The van der Waals surface area contributed by atoms with Crippen LogP contribution in [0.5, 0.6) is 5.75 Å². The fraction of sp³-hybridized carbons (Fsp3) is 0.188. The maximum absolute atomic E-state index is 11.6. The van der Waals surface area contributed by atoms with Crippen LogP contribution in [0.15, 0.2) is 48.5 Å². The summed E-state index contributed by atoms with van der Waals surface area (Å²) in [6.07, 6.45) is 0. The summed E-state index contributed by atoms with van der Waals surface area (Å²) in [5, 5.41) is 6.05. The molecule has 2 aromatic rings. The van der Waals surface area contributed by atoms with Crippen LogP contribution in [0.4, 0.5) is 4.79 Å². The van der Waals surface area contributed by atoms with E-state index in [0.717, 1.165) is 16.9 Å². The van der Waals surface area contributed by atoms with Gasteiger partial charge in [0.15, 0.2) is 6.73 Å². The predicted molar refractivity (Wildman–Crippen MR) is 83.5 cm³/mol. The van der Waals surface area contributed by atoms with Crippen LogP contribution < -0.4 is 15.4 Å². The molecule has 0 aromatic heterocycles. The number of ether oxygens (including phenoxy) is 1. The van der Waals surface area contributed by atoms with E-state index in [1.54, 1.807) is 12.1 Å². The second-order valence-electron chi connectivity index (χ2n) is 4.59. The zero-order chi connectivity index (χ0) is 15.1. The molecule has 2 rings (SSSR count). The number of urea groups is 1. The summed E-state index contributed by atoms with van der Waals surface area (Å²) in [5.41, 5.74) is 2.14. The molecule has 0 unspecified atom stereocenters. The van der Waals surface area contributed by atoms with Crippen molar-refractivity contribution in [3.63, 3.8) is 0 Å². The van der Waals surface area contributed by atoms with Crippen LogP contribution in [-0.2, 0) is 6.54 Å². The largest absolute Gasteiger partial charge is 0.473 e. The molecule has 0 fully saturated rings. The van der Waals surface area contributed by atoms with Gasteiger partial charge in [-0.25, -0.2) is 4.79 Å². The zero-order valence-electron chi connectivity index (χ0n) is 11.7. The molecule has 0 aliphatic rings.